The Balaban J connectivity index is 1.60. The van der Waals surface area contributed by atoms with Gasteiger partial charge in [0, 0.05) is 19.6 Å². The normalized spacial score (nSPS) is 19.0. The molecule has 29 heavy (non-hydrogen) atoms. The molecule has 2 aromatic rings. The van der Waals surface area contributed by atoms with Crippen molar-refractivity contribution in [1.29, 1.82) is 0 Å². The monoisotopic (exact) mass is 413 g/mol. The molecule has 3 rings (SSSR count). The van der Waals surface area contributed by atoms with E-state index in [0.717, 1.165) is 24.0 Å². The van der Waals surface area contributed by atoms with Crippen LogP contribution >= 0.6 is 11.6 Å². The average molecular weight is 414 g/mol. The number of carbonyl (C=O) groups is 2. The van der Waals surface area contributed by atoms with E-state index in [0.29, 0.717) is 30.3 Å². The Morgan fingerprint density at radius 1 is 1.10 bits per heavy atom. The Hall–Kier alpha value is -2.53. The van der Waals surface area contributed by atoms with E-state index in [1.807, 2.05) is 57.2 Å². The first-order valence-electron chi connectivity index (χ1n) is 9.93. The summed E-state index contributed by atoms with van der Waals surface area (Å²) in [4.78, 5) is 27.3. The number of piperidine rings is 1. The van der Waals surface area contributed by atoms with Gasteiger partial charge in [-0.3, -0.25) is 4.79 Å². The number of aryl methyl sites for hydroxylation is 2. The molecule has 1 aliphatic heterocycles. The highest BCUT2D eigenvalue weighted by molar-refractivity contribution is 6.33. The SMILES string of the molecule is Cc1ccc(CNC(=O)[C@@]2(C)CCCN(C(=O)Nc3ccc(C)cc3Cl)C2)cc1. The molecule has 1 atom stereocenters. The number of urea groups is 1. The lowest BCUT2D eigenvalue weighted by Gasteiger charge is -2.39. The highest BCUT2D eigenvalue weighted by Crippen LogP contribution is 2.31. The van der Waals surface area contributed by atoms with Gasteiger partial charge in [0.1, 0.15) is 0 Å². The molecule has 154 valence electrons. The lowest BCUT2D eigenvalue weighted by Crippen LogP contribution is -2.52. The molecule has 5 nitrogen and oxygen atoms in total. The van der Waals surface area contributed by atoms with Crippen molar-refractivity contribution in [1.82, 2.24) is 10.2 Å². The molecule has 0 spiro atoms. The van der Waals surface area contributed by atoms with E-state index in [1.54, 1.807) is 11.0 Å². The Morgan fingerprint density at radius 3 is 2.48 bits per heavy atom. The summed E-state index contributed by atoms with van der Waals surface area (Å²) in [5.41, 5.74) is 3.25. The highest BCUT2D eigenvalue weighted by atomic mass is 35.5. The Kier molecular flexibility index (Phi) is 6.48. The molecule has 2 aromatic carbocycles. The van der Waals surface area contributed by atoms with Crippen molar-refractivity contribution in [2.75, 3.05) is 18.4 Å². The molecule has 2 N–H and O–H groups in total. The molecule has 0 bridgehead atoms. The van der Waals surface area contributed by atoms with Crippen LogP contribution in [0.25, 0.3) is 0 Å². The maximum Gasteiger partial charge on any atom is 0.321 e. The summed E-state index contributed by atoms with van der Waals surface area (Å²) in [6.45, 7) is 7.39. The number of likely N-dealkylation sites (tertiary alicyclic amines) is 1. The van der Waals surface area contributed by atoms with Crippen molar-refractivity contribution < 1.29 is 9.59 Å². The van der Waals surface area contributed by atoms with Crippen LogP contribution in [0, 0.1) is 19.3 Å². The van der Waals surface area contributed by atoms with Crippen LogP contribution in [-0.4, -0.2) is 29.9 Å². The lowest BCUT2D eigenvalue weighted by molar-refractivity contribution is -0.132. The number of hydrogen-bond acceptors (Lipinski definition) is 2. The van der Waals surface area contributed by atoms with E-state index < -0.39 is 5.41 Å². The van der Waals surface area contributed by atoms with Gasteiger partial charge < -0.3 is 15.5 Å². The molecule has 0 radical (unpaired) electrons. The summed E-state index contributed by atoms with van der Waals surface area (Å²) in [7, 11) is 0. The van der Waals surface area contributed by atoms with Gasteiger partial charge in [-0.2, -0.15) is 0 Å². The second-order valence-electron chi connectivity index (χ2n) is 8.17. The molecule has 0 aliphatic carbocycles. The summed E-state index contributed by atoms with van der Waals surface area (Å²) in [5.74, 6) is -0.0241. The van der Waals surface area contributed by atoms with Crippen LogP contribution in [-0.2, 0) is 11.3 Å². The third kappa shape index (κ3) is 5.30. The number of anilines is 1. The summed E-state index contributed by atoms with van der Waals surface area (Å²) >= 11 is 6.23. The van der Waals surface area contributed by atoms with Crippen LogP contribution < -0.4 is 10.6 Å². The summed E-state index contributed by atoms with van der Waals surface area (Å²) < 4.78 is 0. The van der Waals surface area contributed by atoms with Gasteiger partial charge in [0.15, 0.2) is 0 Å². The van der Waals surface area contributed by atoms with E-state index in [9.17, 15) is 9.59 Å². The van der Waals surface area contributed by atoms with Gasteiger partial charge in [0.05, 0.1) is 16.1 Å². The van der Waals surface area contributed by atoms with Gasteiger partial charge in [0.25, 0.3) is 0 Å². The van der Waals surface area contributed by atoms with Gasteiger partial charge in [-0.15, -0.1) is 0 Å². The second-order valence-corrected chi connectivity index (χ2v) is 8.57. The van der Waals surface area contributed by atoms with Crippen LogP contribution in [0.2, 0.25) is 5.02 Å². The van der Waals surface area contributed by atoms with Crippen molar-refractivity contribution in [2.24, 2.45) is 5.41 Å². The predicted octanol–water partition coefficient (Wildman–Crippen LogP) is 4.91. The van der Waals surface area contributed by atoms with Crippen LogP contribution in [0.5, 0.6) is 0 Å². The molecule has 6 heteroatoms. The molecule has 1 saturated heterocycles. The number of rotatable bonds is 4. The molecule has 1 fully saturated rings. The highest BCUT2D eigenvalue weighted by Gasteiger charge is 2.39. The zero-order chi connectivity index (χ0) is 21.0. The first kappa shape index (κ1) is 21.2. The Bertz CT molecular complexity index is 897. The van der Waals surface area contributed by atoms with E-state index in [4.69, 9.17) is 11.6 Å². The average Bonchev–Trinajstić information content (AvgIpc) is 2.69. The quantitative estimate of drug-likeness (QED) is 0.748. The number of nitrogens with zero attached hydrogens (tertiary/aromatic N) is 1. The molecule has 0 unspecified atom stereocenters. The van der Waals surface area contributed by atoms with Gasteiger partial charge in [-0.25, -0.2) is 4.79 Å². The molecule has 0 saturated carbocycles. The number of benzene rings is 2. The summed E-state index contributed by atoms with van der Waals surface area (Å²) in [6, 6.07) is 13.4. The van der Waals surface area contributed by atoms with Crippen molar-refractivity contribution in [3.63, 3.8) is 0 Å². The van der Waals surface area contributed by atoms with Gasteiger partial charge in [-0.1, -0.05) is 47.5 Å². The molecule has 0 aromatic heterocycles. The third-order valence-electron chi connectivity index (χ3n) is 5.47. The smallest absolute Gasteiger partial charge is 0.321 e. The minimum atomic E-state index is -0.614. The predicted molar refractivity (Wildman–Crippen MR) is 117 cm³/mol. The Morgan fingerprint density at radius 2 is 1.79 bits per heavy atom. The minimum Gasteiger partial charge on any atom is -0.351 e. The first-order chi connectivity index (χ1) is 13.8. The maximum atomic E-state index is 12.9. The minimum absolute atomic E-state index is 0.0241. The maximum absolute atomic E-state index is 12.9. The molecule has 1 heterocycles. The number of amides is 3. The van der Waals surface area contributed by atoms with Crippen LogP contribution in [0.1, 0.15) is 36.5 Å². The lowest BCUT2D eigenvalue weighted by atomic mass is 9.81. The van der Waals surface area contributed by atoms with Gasteiger partial charge in [0.2, 0.25) is 5.91 Å². The molecular formula is C23H28ClN3O2. The fourth-order valence-corrected chi connectivity index (χ4v) is 3.90. The first-order valence-corrected chi connectivity index (χ1v) is 10.3. The standard InChI is InChI=1S/C23H28ClN3O2/c1-16-5-8-18(9-6-16)14-25-21(28)23(3)11-4-12-27(15-23)22(29)26-20-10-7-17(2)13-19(20)24/h5-10,13H,4,11-12,14-15H2,1-3H3,(H,25,28)(H,26,29)/t23-/m0/s1. The van der Waals surface area contributed by atoms with Crippen molar-refractivity contribution in [2.45, 2.75) is 40.2 Å². The fraction of sp³-hybridized carbons (Fsp3) is 0.391. The van der Waals surface area contributed by atoms with Crippen molar-refractivity contribution >= 4 is 29.2 Å². The van der Waals surface area contributed by atoms with Gasteiger partial charge in [-0.05, 0) is 56.9 Å². The van der Waals surface area contributed by atoms with E-state index in [-0.39, 0.29) is 11.9 Å². The number of carbonyl (C=O) groups excluding carboxylic acids is 2. The van der Waals surface area contributed by atoms with Crippen molar-refractivity contribution in [3.05, 3.63) is 64.2 Å². The summed E-state index contributed by atoms with van der Waals surface area (Å²) in [5, 5.41) is 6.41. The van der Waals surface area contributed by atoms with E-state index in [1.165, 1.54) is 5.56 Å². The van der Waals surface area contributed by atoms with Crippen molar-refractivity contribution in [3.8, 4) is 0 Å². The number of halogens is 1. The molecule has 1 aliphatic rings. The molecule has 3 amide bonds. The summed E-state index contributed by atoms with van der Waals surface area (Å²) in [6.07, 6.45) is 1.53. The van der Waals surface area contributed by atoms with Crippen LogP contribution in [0.3, 0.4) is 0 Å². The second kappa shape index (κ2) is 8.87. The largest absolute Gasteiger partial charge is 0.351 e. The third-order valence-corrected chi connectivity index (χ3v) is 5.78. The zero-order valence-electron chi connectivity index (χ0n) is 17.2. The van der Waals surface area contributed by atoms with Crippen LogP contribution in [0.15, 0.2) is 42.5 Å². The topological polar surface area (TPSA) is 61.4 Å². The van der Waals surface area contributed by atoms with E-state index >= 15 is 0 Å². The zero-order valence-corrected chi connectivity index (χ0v) is 18.0. The number of nitrogens with one attached hydrogen (secondary N) is 2. The van der Waals surface area contributed by atoms with Crippen LogP contribution in [0.4, 0.5) is 10.5 Å². The Labute approximate surface area is 177 Å². The van der Waals surface area contributed by atoms with E-state index in [2.05, 4.69) is 10.6 Å². The van der Waals surface area contributed by atoms with Gasteiger partial charge >= 0.3 is 6.03 Å². The molecular weight excluding hydrogens is 386 g/mol. The fourth-order valence-electron chi connectivity index (χ4n) is 3.62. The number of hydrogen-bond donors (Lipinski definition) is 2.